The van der Waals surface area contributed by atoms with E-state index in [1.807, 2.05) is 6.08 Å². The summed E-state index contributed by atoms with van der Waals surface area (Å²) in [5.74, 6) is 2.10. The molecular formula is C14H22ClNO2. The van der Waals surface area contributed by atoms with Crippen LogP contribution < -0.4 is 0 Å². The fourth-order valence-electron chi connectivity index (χ4n) is 2.48. The van der Waals surface area contributed by atoms with E-state index >= 15 is 0 Å². The summed E-state index contributed by atoms with van der Waals surface area (Å²) in [7, 11) is 0. The van der Waals surface area contributed by atoms with Crippen molar-refractivity contribution in [3.05, 3.63) is 24.0 Å². The van der Waals surface area contributed by atoms with Crippen molar-refractivity contribution < 1.29 is 9.84 Å². The first kappa shape index (κ1) is 13.9. The van der Waals surface area contributed by atoms with Gasteiger partial charge in [-0.15, -0.1) is 11.6 Å². The molecule has 18 heavy (non-hydrogen) atoms. The van der Waals surface area contributed by atoms with Crippen LogP contribution in [0.15, 0.2) is 24.0 Å². The van der Waals surface area contributed by atoms with Gasteiger partial charge in [0.2, 0.25) is 0 Å². The molecule has 0 amide bonds. The Balaban J connectivity index is 1.64. The van der Waals surface area contributed by atoms with Gasteiger partial charge in [-0.25, -0.2) is 0 Å². The molecule has 0 bridgehead atoms. The van der Waals surface area contributed by atoms with Crippen molar-refractivity contribution in [1.29, 1.82) is 0 Å². The molecule has 1 heterocycles. The molecule has 0 saturated carbocycles. The number of aliphatic hydroxyl groups is 1. The van der Waals surface area contributed by atoms with Gasteiger partial charge in [-0.1, -0.05) is 13.0 Å². The van der Waals surface area contributed by atoms with Gasteiger partial charge in [0.15, 0.2) is 0 Å². The summed E-state index contributed by atoms with van der Waals surface area (Å²) in [6.07, 6.45) is 7.49. The van der Waals surface area contributed by atoms with E-state index < -0.39 is 0 Å². The minimum Gasteiger partial charge on any atom is -0.493 e. The molecule has 1 N–H and O–H groups in total. The quantitative estimate of drug-likeness (QED) is 0.751. The molecule has 0 radical (unpaired) electrons. The van der Waals surface area contributed by atoms with Crippen molar-refractivity contribution in [2.75, 3.05) is 38.7 Å². The van der Waals surface area contributed by atoms with Crippen LogP contribution in [0, 0.1) is 11.3 Å². The zero-order valence-electron chi connectivity index (χ0n) is 10.9. The van der Waals surface area contributed by atoms with Crippen LogP contribution in [-0.4, -0.2) is 48.7 Å². The van der Waals surface area contributed by atoms with Gasteiger partial charge in [0.05, 0.1) is 6.61 Å². The third-order valence-corrected chi connectivity index (χ3v) is 4.22. The molecule has 102 valence electrons. The molecule has 1 aliphatic carbocycles. The summed E-state index contributed by atoms with van der Waals surface area (Å²) in [5.41, 5.74) is -0.0694. The van der Waals surface area contributed by atoms with Gasteiger partial charge in [-0.3, -0.25) is 4.90 Å². The molecular weight excluding hydrogens is 250 g/mol. The lowest BCUT2D eigenvalue weighted by molar-refractivity contribution is -0.0327. The van der Waals surface area contributed by atoms with E-state index in [1.165, 1.54) is 0 Å². The summed E-state index contributed by atoms with van der Waals surface area (Å²) in [5, 5.41) is 9.25. The van der Waals surface area contributed by atoms with Crippen LogP contribution in [0.5, 0.6) is 0 Å². The molecule has 1 fully saturated rings. The lowest BCUT2D eigenvalue weighted by atomic mass is 9.83. The highest BCUT2D eigenvalue weighted by atomic mass is 35.5. The molecule has 0 aromatic carbocycles. The zero-order valence-corrected chi connectivity index (χ0v) is 11.7. The molecule has 1 unspecified atom stereocenters. The minimum atomic E-state index is -0.0694. The van der Waals surface area contributed by atoms with E-state index in [4.69, 9.17) is 16.3 Å². The summed E-state index contributed by atoms with van der Waals surface area (Å²) < 4.78 is 5.73. The Kier molecular flexibility index (Phi) is 4.71. The van der Waals surface area contributed by atoms with Crippen LogP contribution in [0.3, 0.4) is 0 Å². The van der Waals surface area contributed by atoms with Crippen molar-refractivity contribution in [1.82, 2.24) is 4.90 Å². The summed E-state index contributed by atoms with van der Waals surface area (Å²) >= 11 is 5.86. The number of aliphatic hydroxyl groups excluding tert-OH is 1. The highest BCUT2D eigenvalue weighted by Gasteiger charge is 2.41. The van der Waals surface area contributed by atoms with Gasteiger partial charge in [0, 0.05) is 30.9 Å². The third kappa shape index (κ3) is 3.28. The molecule has 1 aliphatic heterocycles. The van der Waals surface area contributed by atoms with Gasteiger partial charge in [-0.05, 0) is 24.5 Å². The number of hydrogen-bond donors (Lipinski definition) is 1. The molecule has 0 aromatic rings. The second kappa shape index (κ2) is 6.09. The molecule has 4 heteroatoms. The molecule has 2 rings (SSSR count). The van der Waals surface area contributed by atoms with Gasteiger partial charge < -0.3 is 9.84 Å². The van der Waals surface area contributed by atoms with Crippen molar-refractivity contribution in [2.45, 2.75) is 13.3 Å². The summed E-state index contributed by atoms with van der Waals surface area (Å²) in [6, 6.07) is 0. The normalized spacial score (nSPS) is 26.6. The fourth-order valence-corrected chi connectivity index (χ4v) is 2.73. The second-order valence-electron chi connectivity index (χ2n) is 5.54. The first-order valence-electron chi connectivity index (χ1n) is 6.58. The van der Waals surface area contributed by atoms with Crippen LogP contribution in [0.2, 0.25) is 0 Å². The minimum absolute atomic E-state index is 0.0694. The van der Waals surface area contributed by atoms with Crippen LogP contribution in [0.1, 0.15) is 13.3 Å². The standard InChI is InChI=1S/C14H22ClNO2/c1-12-3-2-4-13(7-12)18-6-5-16-9-14(8-15,10-16)11-17/h2,4,7,12,17H,3,5-6,8-11H2,1H3. The largest absolute Gasteiger partial charge is 0.493 e. The number of rotatable bonds is 6. The molecule has 1 atom stereocenters. The summed E-state index contributed by atoms with van der Waals surface area (Å²) in [6.45, 7) is 5.73. The lowest BCUT2D eigenvalue weighted by Crippen LogP contribution is -2.59. The van der Waals surface area contributed by atoms with E-state index in [9.17, 15) is 5.11 Å². The maximum Gasteiger partial charge on any atom is 0.115 e. The highest BCUT2D eigenvalue weighted by molar-refractivity contribution is 6.18. The smallest absolute Gasteiger partial charge is 0.115 e. The monoisotopic (exact) mass is 271 g/mol. The van der Waals surface area contributed by atoms with E-state index in [2.05, 4.69) is 24.0 Å². The number of ether oxygens (including phenoxy) is 1. The zero-order chi connectivity index (χ0) is 13.0. The van der Waals surface area contributed by atoms with Crippen LogP contribution in [0.25, 0.3) is 0 Å². The highest BCUT2D eigenvalue weighted by Crippen LogP contribution is 2.30. The predicted octanol–water partition coefficient (Wildman–Crippen LogP) is 2.02. The number of alkyl halides is 1. The van der Waals surface area contributed by atoms with Crippen molar-refractivity contribution in [3.8, 4) is 0 Å². The van der Waals surface area contributed by atoms with Crippen LogP contribution in [0.4, 0.5) is 0 Å². The molecule has 0 aromatic heterocycles. The maximum atomic E-state index is 9.25. The Morgan fingerprint density at radius 3 is 2.94 bits per heavy atom. The first-order valence-corrected chi connectivity index (χ1v) is 7.11. The SMILES string of the molecule is CC1C=C(OCCN2CC(CO)(CCl)C2)C=CC1. The Morgan fingerprint density at radius 1 is 1.56 bits per heavy atom. The topological polar surface area (TPSA) is 32.7 Å². The average molecular weight is 272 g/mol. The van der Waals surface area contributed by atoms with Crippen LogP contribution >= 0.6 is 11.6 Å². The van der Waals surface area contributed by atoms with Gasteiger partial charge in [-0.2, -0.15) is 0 Å². The van der Waals surface area contributed by atoms with E-state index in [0.29, 0.717) is 18.4 Å². The maximum absolute atomic E-state index is 9.25. The number of likely N-dealkylation sites (tertiary alicyclic amines) is 1. The molecule has 3 nitrogen and oxygen atoms in total. The number of allylic oxidation sites excluding steroid dienone is 3. The van der Waals surface area contributed by atoms with Crippen molar-refractivity contribution >= 4 is 11.6 Å². The lowest BCUT2D eigenvalue weighted by Gasteiger charge is -2.48. The van der Waals surface area contributed by atoms with Crippen molar-refractivity contribution in [2.24, 2.45) is 11.3 Å². The van der Waals surface area contributed by atoms with E-state index in [0.717, 1.165) is 31.8 Å². The molecule has 2 aliphatic rings. The Labute approximate surface area is 114 Å². The van der Waals surface area contributed by atoms with Gasteiger partial charge >= 0.3 is 0 Å². The Morgan fingerprint density at radius 2 is 2.33 bits per heavy atom. The van der Waals surface area contributed by atoms with Crippen LogP contribution in [-0.2, 0) is 4.74 Å². The third-order valence-electron chi connectivity index (χ3n) is 3.65. The van der Waals surface area contributed by atoms with Gasteiger partial charge in [0.25, 0.3) is 0 Å². The molecule has 0 spiro atoms. The van der Waals surface area contributed by atoms with Crippen molar-refractivity contribution in [3.63, 3.8) is 0 Å². The number of halogens is 1. The first-order chi connectivity index (χ1) is 8.67. The van der Waals surface area contributed by atoms with E-state index in [1.54, 1.807) is 0 Å². The van der Waals surface area contributed by atoms with E-state index in [-0.39, 0.29) is 12.0 Å². The molecule has 1 saturated heterocycles. The van der Waals surface area contributed by atoms with Gasteiger partial charge in [0.1, 0.15) is 12.4 Å². The number of nitrogens with zero attached hydrogens (tertiary/aromatic N) is 1. The number of hydrogen-bond acceptors (Lipinski definition) is 3. The Bertz CT molecular complexity index is 329. The predicted molar refractivity (Wildman–Crippen MR) is 73.6 cm³/mol. The fraction of sp³-hybridized carbons (Fsp3) is 0.714. The summed E-state index contributed by atoms with van der Waals surface area (Å²) in [4.78, 5) is 2.27. The Hall–Kier alpha value is -0.510. The second-order valence-corrected chi connectivity index (χ2v) is 5.80. The average Bonchev–Trinajstić information content (AvgIpc) is 2.32.